The van der Waals surface area contributed by atoms with E-state index in [1.165, 1.54) is 18.3 Å². The Bertz CT molecular complexity index is 448. The number of methoxy groups -OCH3 is 1. The number of H-pyrrole nitrogens is 1. The van der Waals surface area contributed by atoms with E-state index in [4.69, 9.17) is 5.11 Å². The first-order valence-electron chi connectivity index (χ1n) is 4.76. The second-order valence-corrected chi connectivity index (χ2v) is 3.17. The Balaban J connectivity index is 2.74. The number of aromatic nitrogens is 1. The normalized spacial score (nSPS) is 11.6. The standard InChI is InChI=1S/C10H12N2O5/c1-17-10(16)7(5-13)12-9(15)6-2-3-8(14)11-4-6/h2-4,7,13H,5H2,1H3,(H,11,14)(H,12,15). The summed E-state index contributed by atoms with van der Waals surface area (Å²) in [6.45, 7) is -0.568. The van der Waals surface area contributed by atoms with Crippen molar-refractivity contribution in [3.8, 4) is 0 Å². The van der Waals surface area contributed by atoms with Gasteiger partial charge in [-0.05, 0) is 6.07 Å². The topological polar surface area (TPSA) is 108 Å². The predicted molar refractivity (Wildman–Crippen MR) is 57.4 cm³/mol. The molecule has 1 amide bonds. The highest BCUT2D eigenvalue weighted by Gasteiger charge is 2.20. The fraction of sp³-hybridized carbons (Fsp3) is 0.300. The van der Waals surface area contributed by atoms with Crippen LogP contribution in [0.15, 0.2) is 23.1 Å². The van der Waals surface area contributed by atoms with E-state index in [0.717, 1.165) is 7.11 Å². The van der Waals surface area contributed by atoms with E-state index in [1.54, 1.807) is 0 Å². The van der Waals surface area contributed by atoms with E-state index in [9.17, 15) is 14.4 Å². The molecule has 0 aromatic carbocycles. The van der Waals surface area contributed by atoms with Gasteiger partial charge in [-0.15, -0.1) is 0 Å². The molecule has 0 aliphatic rings. The van der Waals surface area contributed by atoms with E-state index >= 15 is 0 Å². The zero-order valence-corrected chi connectivity index (χ0v) is 9.10. The Morgan fingerprint density at radius 1 is 1.53 bits per heavy atom. The Morgan fingerprint density at radius 2 is 2.24 bits per heavy atom. The lowest BCUT2D eigenvalue weighted by Crippen LogP contribution is -2.44. The molecule has 7 heteroatoms. The predicted octanol–water partition coefficient (Wildman–Crippen LogP) is -1.36. The summed E-state index contributed by atoms with van der Waals surface area (Å²) in [5, 5.41) is 11.2. The van der Waals surface area contributed by atoms with Crippen LogP contribution >= 0.6 is 0 Å². The molecule has 3 N–H and O–H groups in total. The third-order valence-electron chi connectivity index (χ3n) is 2.02. The molecule has 0 aliphatic carbocycles. The average Bonchev–Trinajstić information content (AvgIpc) is 2.35. The lowest BCUT2D eigenvalue weighted by Gasteiger charge is -2.13. The van der Waals surface area contributed by atoms with E-state index in [-0.39, 0.29) is 11.1 Å². The van der Waals surface area contributed by atoms with Gasteiger partial charge in [0.25, 0.3) is 5.91 Å². The largest absolute Gasteiger partial charge is 0.467 e. The zero-order valence-electron chi connectivity index (χ0n) is 9.10. The van der Waals surface area contributed by atoms with Gasteiger partial charge in [0.05, 0.1) is 19.3 Å². The number of rotatable bonds is 4. The van der Waals surface area contributed by atoms with Gasteiger partial charge in [-0.25, -0.2) is 4.79 Å². The van der Waals surface area contributed by atoms with Crippen LogP contribution in [-0.4, -0.2) is 41.7 Å². The van der Waals surface area contributed by atoms with E-state index < -0.39 is 24.5 Å². The van der Waals surface area contributed by atoms with Crippen molar-refractivity contribution in [2.24, 2.45) is 0 Å². The Kier molecular flexibility index (Phi) is 4.41. The molecule has 0 bridgehead atoms. The van der Waals surface area contributed by atoms with Crippen LogP contribution in [0.4, 0.5) is 0 Å². The molecule has 0 saturated heterocycles. The van der Waals surface area contributed by atoms with E-state index in [1.807, 2.05) is 0 Å². The molecule has 1 atom stereocenters. The minimum Gasteiger partial charge on any atom is -0.467 e. The number of aliphatic hydroxyl groups is 1. The minimum absolute atomic E-state index is 0.173. The molecule has 1 aromatic heterocycles. The zero-order chi connectivity index (χ0) is 12.8. The van der Waals surface area contributed by atoms with Gasteiger partial charge < -0.3 is 20.1 Å². The van der Waals surface area contributed by atoms with Crippen LogP contribution in [0.5, 0.6) is 0 Å². The molecule has 7 nitrogen and oxygen atoms in total. The molecule has 17 heavy (non-hydrogen) atoms. The highest BCUT2D eigenvalue weighted by Crippen LogP contribution is 1.95. The van der Waals surface area contributed by atoms with E-state index in [2.05, 4.69) is 15.0 Å². The van der Waals surface area contributed by atoms with Crippen LogP contribution in [0.1, 0.15) is 10.4 Å². The van der Waals surface area contributed by atoms with Gasteiger partial charge in [0.1, 0.15) is 0 Å². The lowest BCUT2D eigenvalue weighted by atomic mass is 10.2. The first-order valence-corrected chi connectivity index (χ1v) is 4.76. The minimum atomic E-state index is -1.13. The number of pyridine rings is 1. The van der Waals surface area contributed by atoms with Crippen LogP contribution in [0.2, 0.25) is 0 Å². The third-order valence-corrected chi connectivity index (χ3v) is 2.02. The molecule has 1 heterocycles. The number of hydrogen-bond donors (Lipinski definition) is 3. The summed E-state index contributed by atoms with van der Waals surface area (Å²) in [6, 6.07) is 1.36. The Labute approximate surface area is 96.4 Å². The quantitative estimate of drug-likeness (QED) is 0.563. The average molecular weight is 240 g/mol. The number of amides is 1. The molecular weight excluding hydrogens is 228 g/mol. The van der Waals surface area contributed by atoms with Gasteiger partial charge in [-0.3, -0.25) is 9.59 Å². The van der Waals surface area contributed by atoms with Gasteiger partial charge in [0.15, 0.2) is 6.04 Å². The number of carbonyl (C=O) groups excluding carboxylic acids is 2. The fourth-order valence-corrected chi connectivity index (χ4v) is 1.11. The number of hydrogen-bond acceptors (Lipinski definition) is 5. The molecule has 0 aliphatic heterocycles. The SMILES string of the molecule is COC(=O)C(CO)NC(=O)c1ccc(=O)[nH]c1. The van der Waals surface area contributed by atoms with Crippen molar-refractivity contribution >= 4 is 11.9 Å². The van der Waals surface area contributed by atoms with Crippen molar-refractivity contribution in [1.82, 2.24) is 10.3 Å². The van der Waals surface area contributed by atoms with Crippen LogP contribution < -0.4 is 10.9 Å². The third kappa shape index (κ3) is 3.42. The van der Waals surface area contributed by atoms with Crippen LogP contribution in [-0.2, 0) is 9.53 Å². The van der Waals surface area contributed by atoms with Gasteiger partial charge in [-0.2, -0.15) is 0 Å². The Hall–Kier alpha value is -2.15. The van der Waals surface area contributed by atoms with Gasteiger partial charge >= 0.3 is 5.97 Å². The molecule has 0 radical (unpaired) electrons. The fourth-order valence-electron chi connectivity index (χ4n) is 1.11. The summed E-state index contributed by atoms with van der Waals surface area (Å²) in [6.07, 6.45) is 1.21. The number of ether oxygens (including phenoxy) is 1. The van der Waals surface area contributed by atoms with Gasteiger partial charge in [0.2, 0.25) is 5.56 Å². The summed E-state index contributed by atoms with van der Waals surface area (Å²) in [5.41, 5.74) is -0.167. The summed E-state index contributed by atoms with van der Waals surface area (Å²) < 4.78 is 4.39. The van der Waals surface area contributed by atoms with Crippen LogP contribution in [0.25, 0.3) is 0 Å². The van der Waals surface area contributed by atoms with Crippen molar-refractivity contribution < 1.29 is 19.4 Å². The smallest absolute Gasteiger partial charge is 0.330 e. The monoisotopic (exact) mass is 240 g/mol. The van der Waals surface area contributed by atoms with Gasteiger partial charge in [-0.1, -0.05) is 0 Å². The maximum atomic E-state index is 11.6. The molecule has 1 rings (SSSR count). The lowest BCUT2D eigenvalue weighted by molar-refractivity contribution is -0.143. The van der Waals surface area contributed by atoms with Crippen molar-refractivity contribution in [3.05, 3.63) is 34.2 Å². The molecule has 92 valence electrons. The highest BCUT2D eigenvalue weighted by atomic mass is 16.5. The first kappa shape index (κ1) is 12.9. The highest BCUT2D eigenvalue weighted by molar-refractivity contribution is 5.96. The molecule has 0 spiro atoms. The van der Waals surface area contributed by atoms with Crippen molar-refractivity contribution in [1.29, 1.82) is 0 Å². The molecule has 1 aromatic rings. The maximum Gasteiger partial charge on any atom is 0.330 e. The molecular formula is C10H12N2O5. The second-order valence-electron chi connectivity index (χ2n) is 3.17. The summed E-state index contributed by atoms with van der Waals surface area (Å²) >= 11 is 0. The molecule has 0 fully saturated rings. The number of esters is 1. The Morgan fingerprint density at radius 3 is 2.71 bits per heavy atom. The first-order chi connectivity index (χ1) is 8.08. The van der Waals surface area contributed by atoms with Crippen molar-refractivity contribution in [2.75, 3.05) is 13.7 Å². The number of aromatic amines is 1. The number of aliphatic hydroxyl groups excluding tert-OH is 1. The van der Waals surface area contributed by atoms with Gasteiger partial charge in [0, 0.05) is 12.3 Å². The summed E-state index contributed by atoms with van der Waals surface area (Å²) in [7, 11) is 1.15. The number of nitrogens with one attached hydrogen (secondary N) is 2. The maximum absolute atomic E-state index is 11.6. The number of carbonyl (C=O) groups is 2. The van der Waals surface area contributed by atoms with Crippen molar-refractivity contribution in [3.63, 3.8) is 0 Å². The van der Waals surface area contributed by atoms with E-state index in [0.29, 0.717) is 0 Å². The molecule has 0 saturated carbocycles. The molecule has 1 unspecified atom stereocenters. The summed E-state index contributed by atoms with van der Waals surface area (Å²) in [5.74, 6) is -1.34. The van der Waals surface area contributed by atoms with Crippen LogP contribution in [0, 0.1) is 0 Å². The second kappa shape index (κ2) is 5.80. The van der Waals surface area contributed by atoms with Crippen LogP contribution in [0.3, 0.4) is 0 Å². The summed E-state index contributed by atoms with van der Waals surface area (Å²) in [4.78, 5) is 35.8. The van der Waals surface area contributed by atoms with Crippen molar-refractivity contribution in [2.45, 2.75) is 6.04 Å².